The number of nitrogens with two attached hydrogens (primary N) is 1. The van der Waals surface area contributed by atoms with Crippen LogP contribution in [-0.2, 0) is 0 Å². The normalized spacial score (nSPS) is 10.5. The van der Waals surface area contributed by atoms with Gasteiger partial charge in [-0.15, -0.1) is 0 Å². The van der Waals surface area contributed by atoms with E-state index in [-0.39, 0.29) is 5.56 Å². The average molecular weight is 168 g/mol. The third-order valence-electron chi connectivity index (χ3n) is 1.22. The third-order valence-corrected chi connectivity index (χ3v) is 1.90. The van der Waals surface area contributed by atoms with Gasteiger partial charge in [0, 0.05) is 6.07 Å². The van der Waals surface area contributed by atoms with E-state index in [2.05, 4.69) is 10.1 Å². The molecule has 0 saturated carbocycles. The Morgan fingerprint density at radius 2 is 2.45 bits per heavy atom. The fourth-order valence-corrected chi connectivity index (χ4v) is 1.41. The quantitative estimate of drug-likeness (QED) is 0.587. The monoisotopic (exact) mass is 168 g/mol. The molecule has 11 heavy (non-hydrogen) atoms. The minimum Gasteiger partial charge on any atom is -0.383 e. The molecule has 0 atom stereocenters. The van der Waals surface area contributed by atoms with Crippen LogP contribution < -0.4 is 11.3 Å². The summed E-state index contributed by atoms with van der Waals surface area (Å²) in [6.45, 7) is 0. The second kappa shape index (κ2) is 2.03. The number of rotatable bonds is 0. The smallest absolute Gasteiger partial charge is 0.276 e. The molecule has 0 unspecified atom stereocenters. The lowest BCUT2D eigenvalue weighted by Crippen LogP contribution is -2.10. The first-order chi connectivity index (χ1) is 5.27. The lowest BCUT2D eigenvalue weighted by atomic mass is 10.6. The van der Waals surface area contributed by atoms with E-state index in [1.807, 2.05) is 0 Å². The van der Waals surface area contributed by atoms with Gasteiger partial charge < -0.3 is 5.73 Å². The molecule has 2 heterocycles. The van der Waals surface area contributed by atoms with E-state index in [0.717, 1.165) is 0 Å². The van der Waals surface area contributed by atoms with Crippen LogP contribution in [0.2, 0.25) is 0 Å². The van der Waals surface area contributed by atoms with Crippen molar-refractivity contribution in [1.82, 2.24) is 14.6 Å². The van der Waals surface area contributed by atoms with Gasteiger partial charge in [-0.05, 0) is 0 Å². The first-order valence-corrected chi connectivity index (χ1v) is 3.74. The zero-order valence-corrected chi connectivity index (χ0v) is 6.21. The Kier molecular flexibility index (Phi) is 1.16. The number of hydrogen-bond acceptors (Lipinski definition) is 5. The van der Waals surface area contributed by atoms with E-state index in [0.29, 0.717) is 10.8 Å². The van der Waals surface area contributed by atoms with Crippen LogP contribution in [0.15, 0.2) is 16.4 Å². The Hall–Kier alpha value is -1.43. The number of fused-ring (bicyclic) bond motifs is 1. The number of hydrogen-bond donors (Lipinski definition) is 1. The van der Waals surface area contributed by atoms with Crippen LogP contribution in [0.5, 0.6) is 0 Å². The molecule has 0 aliphatic carbocycles. The first kappa shape index (κ1) is 6.29. The SMILES string of the molecule is Nc1cc(=O)nc2scnn12. The van der Waals surface area contributed by atoms with Crippen LogP contribution in [-0.4, -0.2) is 14.6 Å². The molecule has 0 spiro atoms. The van der Waals surface area contributed by atoms with Crippen molar-refractivity contribution in [2.75, 3.05) is 5.73 Å². The summed E-state index contributed by atoms with van der Waals surface area (Å²) in [5, 5.41) is 3.87. The van der Waals surface area contributed by atoms with Crippen molar-refractivity contribution in [2.24, 2.45) is 0 Å². The lowest BCUT2D eigenvalue weighted by Gasteiger charge is -1.92. The molecule has 0 fully saturated rings. The topological polar surface area (TPSA) is 73.3 Å². The molecule has 56 valence electrons. The maximum atomic E-state index is 10.8. The molecule has 2 rings (SSSR count). The number of nitrogen functional groups attached to an aromatic ring is 1. The molecule has 0 aliphatic heterocycles. The van der Waals surface area contributed by atoms with Crippen molar-refractivity contribution in [3.05, 3.63) is 21.9 Å². The molecule has 2 aromatic rings. The van der Waals surface area contributed by atoms with E-state index in [9.17, 15) is 4.79 Å². The highest BCUT2D eigenvalue weighted by atomic mass is 32.1. The van der Waals surface area contributed by atoms with Crippen LogP contribution >= 0.6 is 11.3 Å². The van der Waals surface area contributed by atoms with Crippen molar-refractivity contribution in [3.8, 4) is 0 Å². The van der Waals surface area contributed by atoms with Crippen LogP contribution in [0.1, 0.15) is 0 Å². The predicted molar refractivity (Wildman–Crippen MR) is 41.5 cm³/mol. The molecular formula is C5H4N4OS. The van der Waals surface area contributed by atoms with Crippen LogP contribution in [0.4, 0.5) is 5.82 Å². The van der Waals surface area contributed by atoms with Crippen LogP contribution in [0, 0.1) is 0 Å². The van der Waals surface area contributed by atoms with E-state index in [1.54, 1.807) is 5.51 Å². The maximum absolute atomic E-state index is 10.8. The van der Waals surface area contributed by atoms with Gasteiger partial charge in [-0.25, -0.2) is 0 Å². The molecule has 6 heteroatoms. The average Bonchev–Trinajstić information content (AvgIpc) is 2.34. The summed E-state index contributed by atoms with van der Waals surface area (Å²) in [7, 11) is 0. The third kappa shape index (κ3) is 0.874. The Labute approximate surface area is 65.1 Å². The molecule has 0 aliphatic rings. The van der Waals surface area contributed by atoms with E-state index >= 15 is 0 Å². The summed E-state index contributed by atoms with van der Waals surface area (Å²) < 4.78 is 1.42. The maximum Gasteiger partial charge on any atom is 0.276 e. The highest BCUT2D eigenvalue weighted by Crippen LogP contribution is 2.06. The van der Waals surface area contributed by atoms with Gasteiger partial charge in [-0.3, -0.25) is 4.79 Å². The highest BCUT2D eigenvalue weighted by molar-refractivity contribution is 7.14. The van der Waals surface area contributed by atoms with Crippen LogP contribution in [0.3, 0.4) is 0 Å². The summed E-state index contributed by atoms with van der Waals surface area (Å²) >= 11 is 1.28. The van der Waals surface area contributed by atoms with E-state index in [4.69, 9.17) is 5.73 Å². The fraction of sp³-hybridized carbons (Fsp3) is 0. The van der Waals surface area contributed by atoms with E-state index < -0.39 is 0 Å². The minimum absolute atomic E-state index is 0.321. The molecule has 0 bridgehead atoms. The largest absolute Gasteiger partial charge is 0.383 e. The second-order valence-electron chi connectivity index (χ2n) is 1.95. The number of nitrogens with zero attached hydrogens (tertiary/aromatic N) is 3. The molecule has 0 aromatic carbocycles. The summed E-state index contributed by atoms with van der Waals surface area (Å²) in [4.78, 5) is 15.0. The predicted octanol–water partition coefficient (Wildman–Crippen LogP) is -0.267. The number of anilines is 1. The van der Waals surface area contributed by atoms with Gasteiger partial charge in [-0.2, -0.15) is 14.6 Å². The van der Waals surface area contributed by atoms with Crippen molar-refractivity contribution in [2.45, 2.75) is 0 Å². The first-order valence-electron chi connectivity index (χ1n) is 2.86. The van der Waals surface area contributed by atoms with Gasteiger partial charge >= 0.3 is 0 Å². The second-order valence-corrected chi connectivity index (χ2v) is 2.76. The zero-order valence-electron chi connectivity index (χ0n) is 5.39. The van der Waals surface area contributed by atoms with Gasteiger partial charge in [-0.1, -0.05) is 11.3 Å². The Bertz CT molecular complexity index is 445. The molecule has 2 N–H and O–H groups in total. The van der Waals surface area contributed by atoms with Gasteiger partial charge in [0.15, 0.2) is 0 Å². The van der Waals surface area contributed by atoms with Gasteiger partial charge in [0.05, 0.1) is 0 Å². The summed E-state index contributed by atoms with van der Waals surface area (Å²) in [5.74, 6) is 0.321. The number of aromatic nitrogens is 3. The van der Waals surface area contributed by atoms with Gasteiger partial charge in [0.25, 0.3) is 5.56 Å². The molecule has 0 radical (unpaired) electrons. The molecule has 5 nitrogen and oxygen atoms in total. The van der Waals surface area contributed by atoms with Crippen LogP contribution in [0.25, 0.3) is 4.96 Å². The van der Waals surface area contributed by atoms with Crippen molar-refractivity contribution in [1.29, 1.82) is 0 Å². The Morgan fingerprint density at radius 3 is 3.27 bits per heavy atom. The molecular weight excluding hydrogens is 164 g/mol. The van der Waals surface area contributed by atoms with E-state index in [1.165, 1.54) is 21.9 Å². The zero-order chi connectivity index (χ0) is 7.84. The van der Waals surface area contributed by atoms with Crippen molar-refractivity contribution < 1.29 is 0 Å². The fourth-order valence-electron chi connectivity index (χ4n) is 0.782. The highest BCUT2D eigenvalue weighted by Gasteiger charge is 1.99. The standard InChI is InChI=1S/C5H4N4OS/c6-3-1-4(10)8-5-9(3)7-2-11-5/h1-2H,6H2. The molecule has 2 aromatic heterocycles. The summed E-state index contributed by atoms with van der Waals surface area (Å²) in [6, 6.07) is 1.24. The van der Waals surface area contributed by atoms with Crippen molar-refractivity contribution >= 4 is 22.1 Å². The summed E-state index contributed by atoms with van der Waals surface area (Å²) in [6.07, 6.45) is 0. The lowest BCUT2D eigenvalue weighted by molar-refractivity contribution is 0.944. The van der Waals surface area contributed by atoms with Gasteiger partial charge in [0.1, 0.15) is 11.3 Å². The molecule has 0 saturated heterocycles. The Balaban J connectivity index is 3.02. The molecule has 0 amide bonds. The van der Waals surface area contributed by atoms with Crippen molar-refractivity contribution in [3.63, 3.8) is 0 Å². The van der Waals surface area contributed by atoms with Gasteiger partial charge in [0.2, 0.25) is 4.96 Å². The Morgan fingerprint density at radius 1 is 1.64 bits per heavy atom. The summed E-state index contributed by atoms with van der Waals surface area (Å²) in [5.41, 5.74) is 6.72. The minimum atomic E-state index is -0.327.